The maximum atomic E-state index is 13.0. The summed E-state index contributed by atoms with van der Waals surface area (Å²) in [7, 11) is 3.02. The molecule has 2 amide bonds. The first-order chi connectivity index (χ1) is 14.0. The Bertz CT molecular complexity index is 864. The van der Waals surface area contributed by atoms with Crippen molar-refractivity contribution in [3.05, 3.63) is 53.6 Å². The Balaban J connectivity index is 1.84. The maximum absolute atomic E-state index is 13.0. The molecule has 0 aromatic heterocycles. The van der Waals surface area contributed by atoms with Crippen molar-refractivity contribution >= 4 is 17.5 Å². The van der Waals surface area contributed by atoms with Gasteiger partial charge in [0.15, 0.2) is 11.5 Å². The van der Waals surface area contributed by atoms with E-state index in [1.807, 2.05) is 30.3 Å². The monoisotopic (exact) mass is 397 g/mol. The molecule has 0 radical (unpaired) electrons. The number of likely N-dealkylation sites (tertiary alicyclic amines) is 1. The predicted molar refractivity (Wildman–Crippen MR) is 111 cm³/mol. The van der Waals surface area contributed by atoms with Crippen LogP contribution in [-0.4, -0.2) is 44.0 Å². The van der Waals surface area contributed by atoms with Crippen molar-refractivity contribution in [1.82, 2.24) is 4.90 Å². The van der Waals surface area contributed by atoms with Crippen LogP contribution in [0.25, 0.3) is 0 Å². The third-order valence-electron chi connectivity index (χ3n) is 5.05. The summed E-state index contributed by atoms with van der Waals surface area (Å²) < 4.78 is 10.7. The minimum Gasteiger partial charge on any atom is -0.493 e. The summed E-state index contributed by atoms with van der Waals surface area (Å²) in [6.07, 6.45) is 2.05. The molecule has 2 aromatic rings. The second-order valence-corrected chi connectivity index (χ2v) is 7.02. The zero-order valence-corrected chi connectivity index (χ0v) is 16.8. The van der Waals surface area contributed by atoms with Crippen LogP contribution in [0.3, 0.4) is 0 Å². The molecule has 1 heterocycles. The fraction of sp³-hybridized carbons (Fsp3) is 0.364. The van der Waals surface area contributed by atoms with Crippen molar-refractivity contribution in [1.29, 1.82) is 0 Å². The van der Waals surface area contributed by atoms with E-state index in [0.717, 1.165) is 18.4 Å². The third-order valence-corrected chi connectivity index (χ3v) is 5.05. The molecular weight excluding hydrogens is 370 g/mol. The third kappa shape index (κ3) is 4.86. The molecule has 1 atom stereocenters. The standard InChI is InChI=1S/C22H27N3O4/c1-28-19-12-16(22(27)25-10-6-7-11-25)18(14-20(19)29-2)24-21(26)13-17(23)15-8-4-3-5-9-15/h3-5,8-9,12,14,17H,6-7,10-11,13,23H2,1-2H3,(H,24,26). The number of ether oxygens (including phenoxy) is 2. The lowest BCUT2D eigenvalue weighted by Gasteiger charge is -2.20. The summed E-state index contributed by atoms with van der Waals surface area (Å²) in [6, 6.07) is 12.2. The van der Waals surface area contributed by atoms with Gasteiger partial charge in [0.1, 0.15) is 0 Å². The summed E-state index contributed by atoms with van der Waals surface area (Å²) >= 11 is 0. The smallest absolute Gasteiger partial charge is 0.256 e. The van der Waals surface area contributed by atoms with Gasteiger partial charge in [-0.2, -0.15) is 0 Å². The van der Waals surface area contributed by atoms with Crippen LogP contribution < -0.4 is 20.5 Å². The predicted octanol–water partition coefficient (Wildman–Crippen LogP) is 2.97. The number of hydrogen-bond donors (Lipinski definition) is 2. The lowest BCUT2D eigenvalue weighted by molar-refractivity contribution is -0.116. The Hall–Kier alpha value is -3.06. The van der Waals surface area contributed by atoms with E-state index in [-0.39, 0.29) is 18.2 Å². The molecule has 3 rings (SSSR count). The van der Waals surface area contributed by atoms with Crippen LogP contribution in [0, 0.1) is 0 Å². The van der Waals surface area contributed by atoms with Gasteiger partial charge in [-0.05, 0) is 24.5 Å². The number of nitrogens with zero attached hydrogens (tertiary/aromatic N) is 1. The molecule has 3 N–H and O–H groups in total. The minimum absolute atomic E-state index is 0.0930. The highest BCUT2D eigenvalue weighted by Crippen LogP contribution is 2.34. The second-order valence-electron chi connectivity index (χ2n) is 7.02. The molecular formula is C22H27N3O4. The maximum Gasteiger partial charge on any atom is 0.256 e. The number of hydrogen-bond acceptors (Lipinski definition) is 5. The van der Waals surface area contributed by atoms with Crippen molar-refractivity contribution in [2.45, 2.75) is 25.3 Å². The normalized spacial score (nSPS) is 14.4. The SMILES string of the molecule is COc1cc(NC(=O)CC(N)c2ccccc2)c(C(=O)N2CCCC2)cc1OC. The molecule has 1 saturated heterocycles. The zero-order valence-electron chi connectivity index (χ0n) is 16.8. The number of nitrogens with one attached hydrogen (secondary N) is 1. The largest absolute Gasteiger partial charge is 0.493 e. The first-order valence-electron chi connectivity index (χ1n) is 9.69. The molecule has 1 unspecified atom stereocenters. The first kappa shape index (κ1) is 20.7. The van der Waals surface area contributed by atoms with Gasteiger partial charge < -0.3 is 25.4 Å². The number of benzene rings is 2. The van der Waals surface area contributed by atoms with Crippen molar-refractivity contribution in [2.75, 3.05) is 32.6 Å². The van der Waals surface area contributed by atoms with E-state index in [4.69, 9.17) is 15.2 Å². The number of anilines is 1. The molecule has 1 aliphatic heterocycles. The summed E-state index contributed by atoms with van der Waals surface area (Å²) in [6.45, 7) is 1.42. The highest BCUT2D eigenvalue weighted by Gasteiger charge is 2.25. The number of methoxy groups -OCH3 is 2. The molecule has 1 aliphatic rings. The zero-order chi connectivity index (χ0) is 20.8. The highest BCUT2D eigenvalue weighted by molar-refractivity contribution is 6.04. The Kier molecular flexibility index (Phi) is 6.72. The fourth-order valence-electron chi connectivity index (χ4n) is 3.47. The molecule has 29 heavy (non-hydrogen) atoms. The molecule has 0 bridgehead atoms. The molecule has 0 aliphatic carbocycles. The summed E-state index contributed by atoms with van der Waals surface area (Å²) in [5.74, 6) is 0.470. The van der Waals surface area contributed by atoms with Crippen molar-refractivity contribution in [3.63, 3.8) is 0 Å². The number of amides is 2. The fourth-order valence-corrected chi connectivity index (χ4v) is 3.47. The molecule has 7 heteroatoms. The molecule has 154 valence electrons. The van der Waals surface area contributed by atoms with E-state index in [1.165, 1.54) is 14.2 Å². The van der Waals surface area contributed by atoms with Gasteiger partial charge in [0, 0.05) is 31.6 Å². The van der Waals surface area contributed by atoms with Gasteiger partial charge in [-0.1, -0.05) is 30.3 Å². The molecule has 1 fully saturated rings. The van der Waals surface area contributed by atoms with Crippen molar-refractivity contribution < 1.29 is 19.1 Å². The topological polar surface area (TPSA) is 93.9 Å². The Labute approximate surface area is 170 Å². The molecule has 0 spiro atoms. The van der Waals surface area contributed by atoms with Crippen LogP contribution in [-0.2, 0) is 4.79 Å². The summed E-state index contributed by atoms with van der Waals surface area (Å²) in [4.78, 5) is 27.5. The van der Waals surface area contributed by atoms with Gasteiger partial charge in [0.25, 0.3) is 5.91 Å². The van der Waals surface area contributed by atoms with Crippen LogP contribution in [0.2, 0.25) is 0 Å². The quantitative estimate of drug-likeness (QED) is 0.749. The number of rotatable bonds is 7. The lowest BCUT2D eigenvalue weighted by atomic mass is 10.0. The van der Waals surface area contributed by atoms with E-state index < -0.39 is 6.04 Å². The minimum atomic E-state index is -0.436. The molecule has 2 aromatic carbocycles. The number of nitrogens with two attached hydrogens (primary N) is 1. The van der Waals surface area contributed by atoms with Gasteiger partial charge in [0.05, 0.1) is 25.5 Å². The van der Waals surface area contributed by atoms with E-state index in [2.05, 4.69) is 5.32 Å². The Morgan fingerprint density at radius 2 is 1.69 bits per heavy atom. The molecule has 0 saturated carbocycles. The number of carbonyl (C=O) groups is 2. The van der Waals surface area contributed by atoms with Gasteiger partial charge in [-0.3, -0.25) is 9.59 Å². The van der Waals surface area contributed by atoms with Gasteiger partial charge >= 0.3 is 0 Å². The van der Waals surface area contributed by atoms with E-state index >= 15 is 0 Å². The van der Waals surface area contributed by atoms with Gasteiger partial charge in [0.2, 0.25) is 5.91 Å². The lowest BCUT2D eigenvalue weighted by Crippen LogP contribution is -2.29. The molecule has 7 nitrogen and oxygen atoms in total. The summed E-state index contributed by atoms with van der Waals surface area (Å²) in [5.41, 5.74) is 7.82. The van der Waals surface area contributed by atoms with E-state index in [1.54, 1.807) is 17.0 Å². The van der Waals surface area contributed by atoms with Crippen LogP contribution in [0.1, 0.15) is 41.2 Å². The average molecular weight is 397 g/mol. The van der Waals surface area contributed by atoms with Crippen molar-refractivity contribution in [2.24, 2.45) is 5.73 Å². The Morgan fingerprint density at radius 3 is 2.31 bits per heavy atom. The Morgan fingerprint density at radius 1 is 1.07 bits per heavy atom. The average Bonchev–Trinajstić information content (AvgIpc) is 3.28. The summed E-state index contributed by atoms with van der Waals surface area (Å²) in [5, 5.41) is 2.84. The second kappa shape index (κ2) is 9.43. The van der Waals surface area contributed by atoms with Crippen LogP contribution in [0.5, 0.6) is 11.5 Å². The van der Waals surface area contributed by atoms with Crippen LogP contribution in [0.4, 0.5) is 5.69 Å². The van der Waals surface area contributed by atoms with Crippen LogP contribution >= 0.6 is 0 Å². The van der Waals surface area contributed by atoms with Gasteiger partial charge in [-0.15, -0.1) is 0 Å². The van der Waals surface area contributed by atoms with E-state index in [9.17, 15) is 9.59 Å². The number of carbonyl (C=O) groups excluding carboxylic acids is 2. The van der Waals surface area contributed by atoms with E-state index in [0.29, 0.717) is 35.8 Å². The first-order valence-corrected chi connectivity index (χ1v) is 9.69. The van der Waals surface area contributed by atoms with Crippen LogP contribution in [0.15, 0.2) is 42.5 Å². The highest BCUT2D eigenvalue weighted by atomic mass is 16.5. The van der Waals surface area contributed by atoms with Gasteiger partial charge in [-0.25, -0.2) is 0 Å². The van der Waals surface area contributed by atoms with Crippen molar-refractivity contribution in [3.8, 4) is 11.5 Å².